The third-order valence-electron chi connectivity index (χ3n) is 7.42. The molecule has 1 fully saturated rings. The number of benzene rings is 3. The predicted octanol–water partition coefficient (Wildman–Crippen LogP) is 4.70. The number of aliphatic hydroxyl groups excluding tert-OH is 2. The van der Waals surface area contributed by atoms with Crippen molar-refractivity contribution in [2.24, 2.45) is 5.92 Å². The fourth-order valence-corrected chi connectivity index (χ4v) is 5.81. The SMILES string of the molecule is CC(=O)C(Cc1ccccc1)NC(=O)NCc1ccc(C2OC(CSCCO)C(C)C(c3ccc(CO)cc3)O2)cc1. The summed E-state index contributed by atoms with van der Waals surface area (Å²) in [5, 5.41) is 24.3. The van der Waals surface area contributed by atoms with Gasteiger partial charge in [0.25, 0.3) is 0 Å². The monoisotopic (exact) mass is 592 g/mol. The number of rotatable bonds is 13. The number of aliphatic hydroxyl groups is 2. The van der Waals surface area contributed by atoms with Gasteiger partial charge in [0.1, 0.15) is 0 Å². The van der Waals surface area contributed by atoms with E-state index in [0.29, 0.717) is 18.7 Å². The molecule has 1 aliphatic rings. The van der Waals surface area contributed by atoms with Crippen LogP contribution >= 0.6 is 11.8 Å². The molecule has 0 saturated carbocycles. The van der Waals surface area contributed by atoms with Crippen molar-refractivity contribution in [2.45, 2.75) is 58.0 Å². The molecule has 1 saturated heterocycles. The Morgan fingerprint density at radius 1 is 0.881 bits per heavy atom. The number of carbonyl (C=O) groups excluding carboxylic acids is 2. The lowest BCUT2D eigenvalue weighted by Crippen LogP contribution is -2.46. The smallest absolute Gasteiger partial charge is 0.315 e. The molecule has 8 nitrogen and oxygen atoms in total. The molecule has 42 heavy (non-hydrogen) atoms. The molecule has 3 aromatic carbocycles. The van der Waals surface area contributed by atoms with Crippen LogP contribution < -0.4 is 10.6 Å². The average Bonchev–Trinajstić information content (AvgIpc) is 3.01. The van der Waals surface area contributed by atoms with Crippen LogP contribution in [0.4, 0.5) is 4.79 Å². The van der Waals surface area contributed by atoms with Crippen LogP contribution in [0.2, 0.25) is 0 Å². The lowest BCUT2D eigenvalue weighted by molar-refractivity contribution is -0.268. The van der Waals surface area contributed by atoms with E-state index >= 15 is 0 Å². The second kappa shape index (κ2) is 15.9. The maximum atomic E-state index is 12.6. The number of thioether (sulfide) groups is 1. The van der Waals surface area contributed by atoms with Gasteiger partial charge in [-0.15, -0.1) is 0 Å². The van der Waals surface area contributed by atoms with E-state index in [1.165, 1.54) is 6.92 Å². The zero-order valence-electron chi connectivity index (χ0n) is 24.1. The summed E-state index contributed by atoms with van der Waals surface area (Å²) in [6, 6.07) is 24.1. The van der Waals surface area contributed by atoms with Crippen LogP contribution in [0.25, 0.3) is 0 Å². The molecule has 5 atom stereocenters. The molecule has 0 aromatic heterocycles. The van der Waals surface area contributed by atoms with Crippen molar-refractivity contribution in [1.29, 1.82) is 0 Å². The number of urea groups is 1. The van der Waals surface area contributed by atoms with Crippen LogP contribution in [0.1, 0.15) is 54.1 Å². The molecule has 5 unspecified atom stereocenters. The lowest BCUT2D eigenvalue weighted by Gasteiger charge is -2.41. The van der Waals surface area contributed by atoms with Gasteiger partial charge >= 0.3 is 6.03 Å². The minimum absolute atomic E-state index is 0.0125. The van der Waals surface area contributed by atoms with Gasteiger partial charge in [0, 0.05) is 29.5 Å². The Morgan fingerprint density at radius 2 is 1.55 bits per heavy atom. The highest BCUT2D eigenvalue weighted by Crippen LogP contribution is 2.42. The topological polar surface area (TPSA) is 117 Å². The molecular weight excluding hydrogens is 552 g/mol. The quantitative estimate of drug-likeness (QED) is 0.213. The van der Waals surface area contributed by atoms with Gasteiger partial charge < -0.3 is 30.3 Å². The fourth-order valence-electron chi connectivity index (χ4n) is 4.90. The minimum atomic E-state index is -0.603. The second-order valence-corrected chi connectivity index (χ2v) is 11.7. The number of Topliss-reactive ketones (excluding diaryl/α,β-unsaturated/α-hetero) is 1. The number of nitrogens with one attached hydrogen (secondary N) is 2. The summed E-state index contributed by atoms with van der Waals surface area (Å²) in [4.78, 5) is 24.7. The number of ether oxygens (including phenoxy) is 2. The largest absolute Gasteiger partial charge is 0.396 e. The fraction of sp³-hybridized carbons (Fsp3) is 0.394. The molecular formula is C33H40N2O6S. The van der Waals surface area contributed by atoms with Crippen molar-refractivity contribution in [1.82, 2.24) is 10.6 Å². The molecule has 4 rings (SSSR count). The van der Waals surface area contributed by atoms with Crippen LogP contribution in [-0.4, -0.2) is 52.3 Å². The van der Waals surface area contributed by atoms with E-state index in [1.807, 2.05) is 78.9 Å². The molecule has 9 heteroatoms. The Balaban J connectivity index is 1.38. The van der Waals surface area contributed by atoms with Crippen LogP contribution in [0, 0.1) is 5.92 Å². The van der Waals surface area contributed by atoms with Crippen molar-refractivity contribution in [2.75, 3.05) is 18.1 Å². The maximum absolute atomic E-state index is 12.6. The van der Waals surface area contributed by atoms with Gasteiger partial charge in [0.05, 0.1) is 31.5 Å². The van der Waals surface area contributed by atoms with Crippen molar-refractivity contribution in [3.8, 4) is 0 Å². The van der Waals surface area contributed by atoms with E-state index < -0.39 is 18.4 Å². The van der Waals surface area contributed by atoms with Gasteiger partial charge in [-0.2, -0.15) is 11.8 Å². The molecule has 1 aliphatic heterocycles. The second-order valence-electron chi connectivity index (χ2n) is 10.5. The minimum Gasteiger partial charge on any atom is -0.396 e. The van der Waals surface area contributed by atoms with Crippen LogP contribution in [0.15, 0.2) is 78.9 Å². The zero-order valence-corrected chi connectivity index (χ0v) is 24.9. The van der Waals surface area contributed by atoms with E-state index in [9.17, 15) is 19.8 Å². The molecule has 3 aromatic rings. The van der Waals surface area contributed by atoms with Crippen molar-refractivity contribution < 1.29 is 29.3 Å². The average molecular weight is 593 g/mol. The Hall–Kier alpha value is -3.21. The maximum Gasteiger partial charge on any atom is 0.315 e. The van der Waals surface area contributed by atoms with Gasteiger partial charge in [-0.25, -0.2) is 4.79 Å². The summed E-state index contributed by atoms with van der Waals surface area (Å²) in [5.74, 6) is 1.35. The summed E-state index contributed by atoms with van der Waals surface area (Å²) in [6.45, 7) is 4.00. The molecule has 0 aliphatic carbocycles. The summed E-state index contributed by atoms with van der Waals surface area (Å²) in [7, 11) is 0. The Kier molecular flexibility index (Phi) is 12.0. The van der Waals surface area contributed by atoms with Gasteiger partial charge in [-0.05, 0) is 35.6 Å². The summed E-state index contributed by atoms with van der Waals surface area (Å²) in [6.07, 6.45) is -0.433. The number of hydrogen-bond acceptors (Lipinski definition) is 7. The van der Waals surface area contributed by atoms with E-state index in [2.05, 4.69) is 17.6 Å². The summed E-state index contributed by atoms with van der Waals surface area (Å²) < 4.78 is 12.9. The lowest BCUT2D eigenvalue weighted by atomic mass is 9.91. The number of carbonyl (C=O) groups is 2. The molecule has 0 bridgehead atoms. The van der Waals surface area contributed by atoms with Gasteiger partial charge in [0.2, 0.25) is 0 Å². The predicted molar refractivity (Wildman–Crippen MR) is 164 cm³/mol. The molecule has 0 radical (unpaired) electrons. The van der Waals surface area contributed by atoms with Crippen molar-refractivity contribution >= 4 is 23.6 Å². The first kappa shape index (κ1) is 31.7. The number of hydrogen-bond donors (Lipinski definition) is 4. The van der Waals surface area contributed by atoms with E-state index in [1.54, 1.807) is 11.8 Å². The van der Waals surface area contributed by atoms with Crippen LogP contribution in [-0.2, 0) is 33.8 Å². The molecule has 2 amide bonds. The molecule has 1 heterocycles. The Morgan fingerprint density at radius 3 is 2.19 bits per heavy atom. The third-order valence-corrected chi connectivity index (χ3v) is 8.46. The summed E-state index contributed by atoms with van der Waals surface area (Å²) >= 11 is 1.65. The third kappa shape index (κ3) is 8.89. The van der Waals surface area contributed by atoms with Gasteiger partial charge in [-0.3, -0.25) is 4.79 Å². The first-order valence-corrected chi connectivity index (χ1v) is 15.4. The summed E-state index contributed by atoms with van der Waals surface area (Å²) in [5.41, 5.74) is 4.60. The number of amides is 2. The van der Waals surface area contributed by atoms with E-state index in [0.717, 1.165) is 33.6 Å². The first-order chi connectivity index (χ1) is 20.4. The van der Waals surface area contributed by atoms with Crippen molar-refractivity contribution in [3.05, 3.63) is 107 Å². The first-order valence-electron chi connectivity index (χ1n) is 14.2. The molecule has 4 N–H and O–H groups in total. The van der Waals surface area contributed by atoms with Gasteiger partial charge in [0.15, 0.2) is 12.1 Å². The standard InChI is InChI=1S/C33H40N2O6S/c1-22-30(21-42-17-16-36)40-32(41-31(22)27-12-10-26(20-37)11-13-27)28-14-8-25(9-15-28)19-34-33(39)35-29(23(2)38)18-24-6-4-3-5-7-24/h3-15,22,29-32,36-37H,16-21H2,1-2H3,(H2,34,35,39). The Bertz CT molecular complexity index is 1270. The highest BCUT2D eigenvalue weighted by molar-refractivity contribution is 7.99. The number of ketones is 1. The van der Waals surface area contributed by atoms with Crippen LogP contribution in [0.5, 0.6) is 0 Å². The molecule has 0 spiro atoms. The van der Waals surface area contributed by atoms with E-state index in [4.69, 9.17) is 9.47 Å². The van der Waals surface area contributed by atoms with Crippen molar-refractivity contribution in [3.63, 3.8) is 0 Å². The van der Waals surface area contributed by atoms with Crippen LogP contribution in [0.3, 0.4) is 0 Å². The Labute approximate surface area is 251 Å². The molecule has 224 valence electrons. The van der Waals surface area contributed by atoms with E-state index in [-0.39, 0.29) is 37.1 Å². The zero-order chi connectivity index (χ0) is 29.9. The van der Waals surface area contributed by atoms with Gasteiger partial charge in [-0.1, -0.05) is 85.8 Å². The highest BCUT2D eigenvalue weighted by Gasteiger charge is 2.38. The normalized spacial score (nSPS) is 21.0. The highest BCUT2D eigenvalue weighted by atomic mass is 32.2.